The third-order valence-electron chi connectivity index (χ3n) is 3.75. The lowest BCUT2D eigenvalue weighted by Crippen LogP contribution is -2.13. The van der Waals surface area contributed by atoms with Crippen molar-refractivity contribution in [3.63, 3.8) is 0 Å². The van der Waals surface area contributed by atoms with Crippen molar-refractivity contribution in [3.05, 3.63) is 61.1 Å². The molecule has 0 amide bonds. The molecule has 0 aliphatic heterocycles. The molecule has 138 valence electrons. The molecule has 3 rings (SSSR count). The summed E-state index contributed by atoms with van der Waals surface area (Å²) in [5.41, 5.74) is 2.71. The Bertz CT molecular complexity index is 1080. The molecule has 26 heavy (non-hydrogen) atoms. The highest BCUT2D eigenvalue weighted by Crippen LogP contribution is 2.30. The van der Waals surface area contributed by atoms with Gasteiger partial charge in [-0.25, -0.2) is 8.42 Å². The monoisotopic (exact) mass is 493 g/mol. The van der Waals surface area contributed by atoms with Gasteiger partial charge in [-0.2, -0.15) is 5.10 Å². The summed E-state index contributed by atoms with van der Waals surface area (Å²) in [6, 6.07) is 8.61. The number of halogens is 3. The molecular weight excluding hydrogens is 481 g/mol. The van der Waals surface area contributed by atoms with Crippen molar-refractivity contribution in [3.8, 4) is 0 Å². The minimum Gasteiger partial charge on any atom is -0.275 e. The van der Waals surface area contributed by atoms with Crippen molar-refractivity contribution in [1.29, 1.82) is 0 Å². The van der Waals surface area contributed by atoms with Gasteiger partial charge in [-0.3, -0.25) is 9.40 Å². The summed E-state index contributed by atoms with van der Waals surface area (Å²) in [5.74, 6) is 0. The molecule has 1 N–H and O–H groups in total. The Morgan fingerprint density at radius 3 is 2.54 bits per heavy atom. The predicted molar refractivity (Wildman–Crippen MR) is 110 cm³/mol. The maximum atomic E-state index is 12.6. The van der Waals surface area contributed by atoms with E-state index in [2.05, 4.69) is 25.8 Å². The van der Waals surface area contributed by atoms with Gasteiger partial charge in [0, 0.05) is 0 Å². The first-order chi connectivity index (χ1) is 12.2. The van der Waals surface area contributed by atoms with Crippen LogP contribution in [0.5, 0.6) is 0 Å². The van der Waals surface area contributed by atoms with Crippen molar-refractivity contribution >= 4 is 66.2 Å². The largest absolute Gasteiger partial charge is 0.275 e. The van der Waals surface area contributed by atoms with Crippen LogP contribution in [0.25, 0.3) is 0 Å². The average Bonchev–Trinajstić information content (AvgIpc) is 3.11. The molecule has 5 nitrogen and oxygen atoms in total. The molecule has 0 saturated carbocycles. The fourth-order valence-corrected chi connectivity index (χ4v) is 5.94. The second-order valence-corrected chi connectivity index (χ2v) is 10.8. The summed E-state index contributed by atoms with van der Waals surface area (Å²) in [6.45, 7) is 4.04. The van der Waals surface area contributed by atoms with E-state index in [1.165, 1.54) is 0 Å². The number of nitrogens with zero attached hydrogens (tertiary/aromatic N) is 2. The molecule has 0 saturated heterocycles. The van der Waals surface area contributed by atoms with Crippen molar-refractivity contribution in [1.82, 2.24) is 9.78 Å². The summed E-state index contributed by atoms with van der Waals surface area (Å²) in [6.07, 6.45) is 0. The number of hydrogen-bond acceptors (Lipinski definition) is 4. The second kappa shape index (κ2) is 7.52. The molecular formula is C16H14BrCl2N3O2S2. The average molecular weight is 495 g/mol. The minimum absolute atomic E-state index is 0.236. The minimum atomic E-state index is -3.66. The van der Waals surface area contributed by atoms with E-state index >= 15 is 0 Å². The van der Waals surface area contributed by atoms with Gasteiger partial charge in [-0.05, 0) is 59.6 Å². The molecule has 0 fully saturated rings. The molecule has 0 unspecified atom stereocenters. The normalized spacial score (nSPS) is 11.7. The highest BCUT2D eigenvalue weighted by molar-refractivity contribution is 9.11. The number of anilines is 1. The Morgan fingerprint density at radius 2 is 1.92 bits per heavy atom. The fourth-order valence-electron chi connectivity index (χ4n) is 2.44. The molecule has 0 atom stereocenters. The zero-order valence-corrected chi connectivity index (χ0v) is 18.5. The van der Waals surface area contributed by atoms with Gasteiger partial charge in [-0.1, -0.05) is 29.3 Å². The van der Waals surface area contributed by atoms with Crippen LogP contribution in [-0.2, 0) is 16.6 Å². The highest BCUT2D eigenvalue weighted by atomic mass is 79.9. The molecule has 0 aliphatic carbocycles. The summed E-state index contributed by atoms with van der Waals surface area (Å²) >= 11 is 16.4. The number of aryl methyl sites for hydroxylation is 1. The lowest BCUT2D eigenvalue weighted by Gasteiger charge is -2.08. The first kappa shape index (κ1) is 19.7. The number of thiophene rings is 1. The second-order valence-electron chi connectivity index (χ2n) is 5.62. The standard InChI is InChI=1S/C16H14BrCl2N3O2S2/c1-9-16(21-26(23,24)15-6-5-14(17)25-15)10(2)22(20-9)8-11-3-4-12(18)13(19)7-11/h3-7,21H,8H2,1-2H3. The summed E-state index contributed by atoms with van der Waals surface area (Å²) in [4.78, 5) is 0. The van der Waals surface area contributed by atoms with Crippen LogP contribution >= 0.6 is 50.5 Å². The zero-order valence-electron chi connectivity index (χ0n) is 13.8. The quantitative estimate of drug-likeness (QED) is 0.510. The Hall–Kier alpha value is -1.06. The van der Waals surface area contributed by atoms with Gasteiger partial charge >= 0.3 is 0 Å². The van der Waals surface area contributed by atoms with Gasteiger partial charge in [0.1, 0.15) is 4.21 Å². The Kier molecular flexibility index (Phi) is 5.69. The van der Waals surface area contributed by atoms with Crippen molar-refractivity contribution in [2.45, 2.75) is 24.6 Å². The van der Waals surface area contributed by atoms with Crippen LogP contribution < -0.4 is 4.72 Å². The van der Waals surface area contributed by atoms with Crippen molar-refractivity contribution in [2.75, 3.05) is 4.72 Å². The summed E-state index contributed by atoms with van der Waals surface area (Å²) in [7, 11) is -3.66. The summed E-state index contributed by atoms with van der Waals surface area (Å²) in [5, 5.41) is 5.40. The summed E-state index contributed by atoms with van der Waals surface area (Å²) < 4.78 is 30.5. The third-order valence-corrected chi connectivity index (χ3v) is 7.95. The lowest BCUT2D eigenvalue weighted by atomic mass is 10.2. The van der Waals surface area contributed by atoms with E-state index in [1.54, 1.807) is 35.9 Å². The van der Waals surface area contributed by atoms with E-state index in [0.29, 0.717) is 33.7 Å². The lowest BCUT2D eigenvalue weighted by molar-refractivity contribution is 0.603. The van der Waals surface area contributed by atoms with E-state index in [0.717, 1.165) is 20.7 Å². The van der Waals surface area contributed by atoms with Crippen LogP contribution in [0.3, 0.4) is 0 Å². The molecule has 2 aromatic heterocycles. The highest BCUT2D eigenvalue weighted by Gasteiger charge is 2.21. The molecule has 10 heteroatoms. The first-order valence-electron chi connectivity index (χ1n) is 7.43. The molecule has 2 heterocycles. The van der Waals surface area contributed by atoms with E-state index < -0.39 is 10.0 Å². The van der Waals surface area contributed by atoms with Crippen LogP contribution in [-0.4, -0.2) is 18.2 Å². The third kappa shape index (κ3) is 4.09. The van der Waals surface area contributed by atoms with E-state index in [4.69, 9.17) is 23.2 Å². The Balaban J connectivity index is 1.89. The van der Waals surface area contributed by atoms with Crippen LogP contribution in [0, 0.1) is 13.8 Å². The molecule has 0 spiro atoms. The zero-order chi connectivity index (χ0) is 19.1. The fraction of sp³-hybridized carbons (Fsp3) is 0.188. The van der Waals surface area contributed by atoms with Crippen molar-refractivity contribution < 1.29 is 8.42 Å². The van der Waals surface area contributed by atoms with Crippen LogP contribution in [0.4, 0.5) is 5.69 Å². The number of benzene rings is 1. The number of hydrogen-bond donors (Lipinski definition) is 1. The topological polar surface area (TPSA) is 64.0 Å². The molecule has 0 radical (unpaired) electrons. The van der Waals surface area contributed by atoms with E-state index in [-0.39, 0.29) is 4.21 Å². The van der Waals surface area contributed by atoms with Gasteiger partial charge < -0.3 is 0 Å². The Morgan fingerprint density at radius 1 is 1.19 bits per heavy atom. The van der Waals surface area contributed by atoms with Gasteiger partial charge in [0.25, 0.3) is 10.0 Å². The van der Waals surface area contributed by atoms with E-state index in [1.807, 2.05) is 13.0 Å². The molecule has 3 aromatic rings. The number of sulfonamides is 1. The maximum Gasteiger partial charge on any atom is 0.271 e. The Labute approximate surface area is 174 Å². The van der Waals surface area contributed by atoms with Gasteiger partial charge in [-0.15, -0.1) is 11.3 Å². The van der Waals surface area contributed by atoms with Crippen molar-refractivity contribution in [2.24, 2.45) is 0 Å². The van der Waals surface area contributed by atoms with Crippen LogP contribution in [0.2, 0.25) is 10.0 Å². The molecule has 0 bridgehead atoms. The van der Waals surface area contributed by atoms with E-state index in [9.17, 15) is 8.42 Å². The van der Waals surface area contributed by atoms with Gasteiger partial charge in [0.05, 0.1) is 37.5 Å². The maximum absolute atomic E-state index is 12.6. The SMILES string of the molecule is Cc1nn(Cc2ccc(Cl)c(Cl)c2)c(C)c1NS(=O)(=O)c1ccc(Br)s1. The smallest absolute Gasteiger partial charge is 0.271 e. The van der Waals surface area contributed by atoms with Gasteiger partial charge in [0.15, 0.2) is 0 Å². The predicted octanol–water partition coefficient (Wildman–Crippen LogP) is 5.48. The van der Waals surface area contributed by atoms with Gasteiger partial charge in [0.2, 0.25) is 0 Å². The first-order valence-corrected chi connectivity index (χ1v) is 11.3. The van der Waals surface area contributed by atoms with Crippen LogP contribution in [0.1, 0.15) is 17.0 Å². The molecule has 0 aliphatic rings. The number of rotatable bonds is 5. The van der Waals surface area contributed by atoms with Crippen LogP contribution in [0.15, 0.2) is 38.3 Å². The number of nitrogens with one attached hydrogen (secondary N) is 1. The number of aromatic nitrogens is 2. The molecule has 1 aromatic carbocycles.